The molecule has 0 aliphatic carbocycles. The second-order valence-electron chi connectivity index (χ2n) is 4.15. The molecule has 0 radical (unpaired) electrons. The van der Waals surface area contributed by atoms with Crippen LogP contribution in [-0.2, 0) is 6.54 Å². The van der Waals surface area contributed by atoms with Crippen molar-refractivity contribution < 1.29 is 0 Å². The van der Waals surface area contributed by atoms with Crippen LogP contribution in [0.2, 0.25) is 0 Å². The van der Waals surface area contributed by atoms with E-state index in [1.807, 2.05) is 28.8 Å². The van der Waals surface area contributed by atoms with Crippen LogP contribution in [0.3, 0.4) is 0 Å². The van der Waals surface area contributed by atoms with Crippen molar-refractivity contribution in [2.24, 2.45) is 0 Å². The summed E-state index contributed by atoms with van der Waals surface area (Å²) < 4.78 is 1.82. The van der Waals surface area contributed by atoms with E-state index in [0.717, 1.165) is 35.8 Å². The van der Waals surface area contributed by atoms with Crippen LogP contribution in [0.1, 0.15) is 26.7 Å². The maximum Gasteiger partial charge on any atom is 0.262 e. The predicted molar refractivity (Wildman–Crippen MR) is 77.3 cm³/mol. The molecule has 96 valence electrons. The van der Waals surface area contributed by atoms with Gasteiger partial charge < -0.3 is 0 Å². The van der Waals surface area contributed by atoms with Gasteiger partial charge in [-0.1, -0.05) is 44.2 Å². The summed E-state index contributed by atoms with van der Waals surface area (Å²) in [5, 5.41) is 1.56. The number of benzene rings is 1. The van der Waals surface area contributed by atoms with Crippen molar-refractivity contribution in [3.05, 3.63) is 34.6 Å². The summed E-state index contributed by atoms with van der Waals surface area (Å²) in [6.07, 6.45) is 2.09. The number of unbranched alkanes of at least 4 members (excludes halogenated alkanes) is 1. The van der Waals surface area contributed by atoms with Gasteiger partial charge in [-0.3, -0.25) is 9.36 Å². The van der Waals surface area contributed by atoms with Crippen LogP contribution >= 0.6 is 11.8 Å². The van der Waals surface area contributed by atoms with Crippen LogP contribution in [0.5, 0.6) is 0 Å². The first-order valence-corrected chi connectivity index (χ1v) is 7.38. The summed E-state index contributed by atoms with van der Waals surface area (Å²) in [4.78, 5) is 17.0. The van der Waals surface area contributed by atoms with Gasteiger partial charge in [0.15, 0.2) is 5.16 Å². The molecule has 0 N–H and O–H groups in total. The Morgan fingerprint density at radius 3 is 2.78 bits per heavy atom. The topological polar surface area (TPSA) is 34.9 Å². The number of hydrogen-bond acceptors (Lipinski definition) is 3. The molecule has 1 aromatic heterocycles. The number of nitrogens with zero attached hydrogens (tertiary/aromatic N) is 2. The van der Waals surface area contributed by atoms with Crippen LogP contribution in [0, 0.1) is 0 Å². The molecule has 0 aliphatic heterocycles. The van der Waals surface area contributed by atoms with Crippen molar-refractivity contribution >= 4 is 22.7 Å². The molecule has 0 bridgehead atoms. The second-order valence-corrected chi connectivity index (χ2v) is 5.39. The van der Waals surface area contributed by atoms with E-state index in [0.29, 0.717) is 5.39 Å². The lowest BCUT2D eigenvalue weighted by Gasteiger charge is -2.11. The Bertz CT molecular complexity index is 592. The SMILES string of the molecule is CCCCn1c(SCC)nc2ccccc2c1=O. The van der Waals surface area contributed by atoms with Gasteiger partial charge in [-0.2, -0.15) is 0 Å². The van der Waals surface area contributed by atoms with Gasteiger partial charge in [0.1, 0.15) is 0 Å². The van der Waals surface area contributed by atoms with Crippen LogP contribution < -0.4 is 5.56 Å². The molecule has 0 unspecified atom stereocenters. The number of aromatic nitrogens is 2. The highest BCUT2D eigenvalue weighted by atomic mass is 32.2. The summed E-state index contributed by atoms with van der Waals surface area (Å²) in [5.74, 6) is 0.927. The van der Waals surface area contributed by atoms with Gasteiger partial charge >= 0.3 is 0 Å². The zero-order valence-electron chi connectivity index (χ0n) is 10.8. The van der Waals surface area contributed by atoms with Crippen LogP contribution in [0.4, 0.5) is 0 Å². The summed E-state index contributed by atoms with van der Waals surface area (Å²) in [6, 6.07) is 7.57. The molecular weight excluding hydrogens is 244 g/mol. The van der Waals surface area contributed by atoms with Gasteiger partial charge in [0.25, 0.3) is 5.56 Å². The number of rotatable bonds is 5. The van der Waals surface area contributed by atoms with Gasteiger partial charge in [-0.25, -0.2) is 4.98 Å². The quantitative estimate of drug-likeness (QED) is 0.612. The Hall–Kier alpha value is -1.29. The molecule has 3 nitrogen and oxygen atoms in total. The van der Waals surface area contributed by atoms with Gasteiger partial charge in [-0.15, -0.1) is 0 Å². The minimum Gasteiger partial charge on any atom is -0.287 e. The fraction of sp³-hybridized carbons (Fsp3) is 0.429. The van der Waals surface area contributed by atoms with E-state index in [1.165, 1.54) is 0 Å². The Kier molecular flexibility index (Phi) is 4.42. The lowest BCUT2D eigenvalue weighted by Crippen LogP contribution is -2.23. The molecule has 0 spiro atoms. The van der Waals surface area contributed by atoms with Gasteiger partial charge in [-0.05, 0) is 24.3 Å². The normalized spacial score (nSPS) is 11.0. The third-order valence-corrected chi connectivity index (χ3v) is 3.69. The van der Waals surface area contributed by atoms with E-state index in [-0.39, 0.29) is 5.56 Å². The Balaban J connectivity index is 2.59. The van der Waals surface area contributed by atoms with Crippen molar-refractivity contribution in [3.63, 3.8) is 0 Å². The molecule has 1 heterocycles. The van der Waals surface area contributed by atoms with Gasteiger partial charge in [0.05, 0.1) is 10.9 Å². The minimum atomic E-state index is 0.0880. The molecule has 0 saturated carbocycles. The predicted octanol–water partition coefficient (Wildman–Crippen LogP) is 3.31. The van der Waals surface area contributed by atoms with Crippen LogP contribution in [0.25, 0.3) is 10.9 Å². The summed E-state index contributed by atoms with van der Waals surface area (Å²) in [7, 11) is 0. The number of hydrogen-bond donors (Lipinski definition) is 0. The molecule has 0 amide bonds. The first-order chi connectivity index (χ1) is 8.77. The molecule has 4 heteroatoms. The second kappa shape index (κ2) is 6.05. The molecular formula is C14H18N2OS. The van der Waals surface area contributed by atoms with E-state index < -0.39 is 0 Å². The molecule has 18 heavy (non-hydrogen) atoms. The fourth-order valence-electron chi connectivity index (χ4n) is 1.90. The molecule has 2 aromatic rings. The number of thioether (sulfide) groups is 1. The van der Waals surface area contributed by atoms with Crippen molar-refractivity contribution in [3.8, 4) is 0 Å². The lowest BCUT2D eigenvalue weighted by atomic mass is 10.2. The molecule has 0 atom stereocenters. The highest BCUT2D eigenvalue weighted by Crippen LogP contribution is 2.17. The Labute approximate surface area is 111 Å². The first kappa shape index (κ1) is 13.1. The Morgan fingerprint density at radius 2 is 2.06 bits per heavy atom. The average molecular weight is 262 g/mol. The molecule has 2 rings (SSSR count). The van der Waals surface area contributed by atoms with Gasteiger partial charge in [0, 0.05) is 6.54 Å². The van der Waals surface area contributed by atoms with Crippen LogP contribution in [-0.4, -0.2) is 15.3 Å². The largest absolute Gasteiger partial charge is 0.287 e. The summed E-state index contributed by atoms with van der Waals surface area (Å²) in [5.41, 5.74) is 0.885. The zero-order chi connectivity index (χ0) is 13.0. The number of para-hydroxylation sites is 1. The Morgan fingerprint density at radius 1 is 1.28 bits per heavy atom. The average Bonchev–Trinajstić information content (AvgIpc) is 2.39. The molecule has 0 fully saturated rings. The summed E-state index contributed by atoms with van der Waals surface area (Å²) >= 11 is 1.63. The minimum absolute atomic E-state index is 0.0880. The van der Waals surface area contributed by atoms with Crippen molar-refractivity contribution in [2.45, 2.75) is 38.4 Å². The number of fused-ring (bicyclic) bond motifs is 1. The standard InChI is InChI=1S/C14H18N2OS/c1-3-5-10-16-13(17)11-8-6-7-9-12(11)15-14(16)18-4-2/h6-9H,3-5,10H2,1-2H3. The summed E-state index contributed by atoms with van der Waals surface area (Å²) in [6.45, 7) is 4.97. The van der Waals surface area contributed by atoms with Crippen molar-refractivity contribution in [1.82, 2.24) is 9.55 Å². The zero-order valence-corrected chi connectivity index (χ0v) is 11.7. The first-order valence-electron chi connectivity index (χ1n) is 6.40. The highest BCUT2D eigenvalue weighted by Gasteiger charge is 2.09. The lowest BCUT2D eigenvalue weighted by molar-refractivity contribution is 0.558. The maximum atomic E-state index is 12.4. The van der Waals surface area contributed by atoms with Crippen LogP contribution in [0.15, 0.2) is 34.2 Å². The maximum absolute atomic E-state index is 12.4. The van der Waals surface area contributed by atoms with E-state index in [2.05, 4.69) is 18.8 Å². The van der Waals surface area contributed by atoms with E-state index >= 15 is 0 Å². The van der Waals surface area contributed by atoms with E-state index in [1.54, 1.807) is 11.8 Å². The third kappa shape index (κ3) is 2.58. The van der Waals surface area contributed by atoms with Gasteiger partial charge in [0.2, 0.25) is 0 Å². The van der Waals surface area contributed by atoms with E-state index in [9.17, 15) is 4.79 Å². The highest BCUT2D eigenvalue weighted by molar-refractivity contribution is 7.99. The fourth-order valence-corrected chi connectivity index (χ4v) is 2.65. The van der Waals surface area contributed by atoms with E-state index in [4.69, 9.17) is 0 Å². The molecule has 0 saturated heterocycles. The third-order valence-electron chi connectivity index (χ3n) is 2.84. The smallest absolute Gasteiger partial charge is 0.262 e. The molecule has 1 aromatic carbocycles. The van der Waals surface area contributed by atoms with Crippen molar-refractivity contribution in [1.29, 1.82) is 0 Å². The van der Waals surface area contributed by atoms with Crippen molar-refractivity contribution in [2.75, 3.05) is 5.75 Å². The monoisotopic (exact) mass is 262 g/mol. The molecule has 0 aliphatic rings.